The largest absolute Gasteiger partial charge is 0.494 e. The van der Waals surface area contributed by atoms with Gasteiger partial charge in [-0.25, -0.2) is 0 Å². The smallest absolute Gasteiger partial charge is 0.261 e. The number of benzene rings is 2. The predicted molar refractivity (Wildman–Crippen MR) is 108 cm³/mol. The molecule has 0 aromatic heterocycles. The van der Waals surface area contributed by atoms with E-state index in [-0.39, 0.29) is 36.7 Å². The van der Waals surface area contributed by atoms with Crippen molar-refractivity contribution < 1.29 is 19.1 Å². The van der Waals surface area contributed by atoms with Crippen LogP contribution in [0.4, 0.5) is 0 Å². The molecule has 1 aliphatic heterocycles. The van der Waals surface area contributed by atoms with Crippen LogP contribution in [0.3, 0.4) is 0 Å². The van der Waals surface area contributed by atoms with Crippen molar-refractivity contribution in [3.63, 3.8) is 0 Å². The van der Waals surface area contributed by atoms with Crippen LogP contribution in [0.5, 0.6) is 5.75 Å². The molecule has 0 spiro atoms. The lowest BCUT2D eigenvalue weighted by Crippen LogP contribution is -2.35. The van der Waals surface area contributed by atoms with E-state index in [1.807, 2.05) is 38.1 Å². The second-order valence-corrected chi connectivity index (χ2v) is 7.41. The van der Waals surface area contributed by atoms with Gasteiger partial charge in [-0.1, -0.05) is 28.1 Å². The van der Waals surface area contributed by atoms with Gasteiger partial charge >= 0.3 is 0 Å². The van der Waals surface area contributed by atoms with Gasteiger partial charge in [-0.2, -0.15) is 0 Å². The Balaban J connectivity index is 1.58. The Bertz CT molecular complexity index is 928. The number of carbonyl (C=O) groups excluding carboxylic acids is 3. The Morgan fingerprint density at radius 3 is 2.64 bits per heavy atom. The first-order valence-electron chi connectivity index (χ1n) is 9.08. The minimum absolute atomic E-state index is 0.0432. The zero-order chi connectivity index (χ0) is 20.3. The molecule has 2 aromatic rings. The number of amides is 3. The Labute approximate surface area is 172 Å². The van der Waals surface area contributed by atoms with E-state index in [2.05, 4.69) is 21.2 Å². The van der Waals surface area contributed by atoms with Crippen LogP contribution in [0.1, 0.15) is 52.6 Å². The molecule has 0 saturated carbocycles. The molecule has 2 aromatic carbocycles. The monoisotopic (exact) mass is 444 g/mol. The summed E-state index contributed by atoms with van der Waals surface area (Å²) < 4.78 is 6.21. The third kappa shape index (κ3) is 4.25. The van der Waals surface area contributed by atoms with Gasteiger partial charge in [0.25, 0.3) is 11.8 Å². The average Bonchev–Trinajstić information content (AvgIpc) is 2.90. The van der Waals surface area contributed by atoms with Crippen molar-refractivity contribution in [3.05, 3.63) is 63.6 Å². The lowest BCUT2D eigenvalue weighted by atomic mass is 10.1. The second-order valence-electron chi connectivity index (χ2n) is 6.50. The van der Waals surface area contributed by atoms with Gasteiger partial charge in [0, 0.05) is 17.4 Å². The number of hydrogen-bond donors (Lipinski definition) is 1. The Morgan fingerprint density at radius 2 is 1.89 bits per heavy atom. The molecule has 3 amide bonds. The topological polar surface area (TPSA) is 75.7 Å². The summed E-state index contributed by atoms with van der Waals surface area (Å²) in [4.78, 5) is 38.3. The van der Waals surface area contributed by atoms with E-state index in [1.165, 1.54) is 0 Å². The summed E-state index contributed by atoms with van der Waals surface area (Å²) in [6, 6.07) is 12.3. The molecular formula is C21H21BrN2O4. The van der Waals surface area contributed by atoms with Crippen LogP contribution in [0.2, 0.25) is 0 Å². The van der Waals surface area contributed by atoms with Crippen LogP contribution in [0, 0.1) is 0 Å². The molecule has 1 unspecified atom stereocenters. The van der Waals surface area contributed by atoms with Crippen LogP contribution < -0.4 is 10.1 Å². The van der Waals surface area contributed by atoms with Crippen molar-refractivity contribution >= 4 is 33.7 Å². The maximum Gasteiger partial charge on any atom is 0.261 e. The number of fused-ring (bicyclic) bond motifs is 1. The standard InChI is InChI=1S/C21H21BrN2O4/c1-3-28-16-6-4-5-14(11-16)13(2)23-19(25)9-10-24-20(26)17-8-7-15(22)12-18(17)21(24)27/h4-8,11-13H,3,9-10H2,1-2H3,(H,23,25). The minimum atomic E-state index is -0.369. The molecule has 0 saturated heterocycles. The zero-order valence-electron chi connectivity index (χ0n) is 15.7. The van der Waals surface area contributed by atoms with Gasteiger partial charge < -0.3 is 10.1 Å². The number of halogens is 1. The molecule has 0 radical (unpaired) electrons. The minimum Gasteiger partial charge on any atom is -0.494 e. The molecule has 1 aliphatic rings. The van der Waals surface area contributed by atoms with Crippen molar-refractivity contribution in [2.45, 2.75) is 26.3 Å². The van der Waals surface area contributed by atoms with E-state index in [1.54, 1.807) is 18.2 Å². The predicted octanol–water partition coefficient (Wildman–Crippen LogP) is 3.71. The summed E-state index contributed by atoms with van der Waals surface area (Å²) in [5, 5.41) is 2.90. The van der Waals surface area contributed by atoms with Gasteiger partial charge in [-0.15, -0.1) is 0 Å². The summed E-state index contributed by atoms with van der Waals surface area (Å²) >= 11 is 3.30. The fourth-order valence-corrected chi connectivity index (χ4v) is 3.48. The molecule has 3 rings (SSSR count). The molecular weight excluding hydrogens is 424 g/mol. The van der Waals surface area contributed by atoms with E-state index in [0.717, 1.165) is 20.7 Å². The Kier molecular flexibility index (Phi) is 6.14. The SMILES string of the molecule is CCOc1cccc(C(C)NC(=O)CCN2C(=O)c3ccc(Br)cc3C2=O)c1. The highest BCUT2D eigenvalue weighted by Crippen LogP contribution is 2.26. The number of hydrogen-bond acceptors (Lipinski definition) is 4. The first-order valence-corrected chi connectivity index (χ1v) is 9.88. The molecule has 7 heteroatoms. The van der Waals surface area contributed by atoms with Crippen molar-refractivity contribution in [2.24, 2.45) is 0 Å². The van der Waals surface area contributed by atoms with E-state index in [9.17, 15) is 14.4 Å². The van der Waals surface area contributed by atoms with Crippen molar-refractivity contribution in [1.29, 1.82) is 0 Å². The summed E-state index contributed by atoms with van der Waals surface area (Å²) in [6.07, 6.45) is 0.0438. The maximum absolute atomic E-state index is 12.5. The Hall–Kier alpha value is -2.67. The van der Waals surface area contributed by atoms with Crippen LogP contribution in [-0.4, -0.2) is 35.8 Å². The van der Waals surface area contributed by atoms with Gasteiger partial charge in [-0.3, -0.25) is 19.3 Å². The van der Waals surface area contributed by atoms with Gasteiger partial charge in [0.1, 0.15) is 5.75 Å². The summed E-state index contributed by atoms with van der Waals surface area (Å²) in [5.74, 6) is -0.213. The molecule has 1 heterocycles. The first-order chi connectivity index (χ1) is 13.4. The number of ether oxygens (including phenoxy) is 1. The molecule has 1 N–H and O–H groups in total. The lowest BCUT2D eigenvalue weighted by Gasteiger charge is -2.17. The normalized spacial score (nSPS) is 14.0. The average molecular weight is 445 g/mol. The highest BCUT2D eigenvalue weighted by Gasteiger charge is 2.35. The first kappa shape index (κ1) is 20.1. The number of nitrogens with one attached hydrogen (secondary N) is 1. The van der Waals surface area contributed by atoms with E-state index < -0.39 is 0 Å². The highest BCUT2D eigenvalue weighted by molar-refractivity contribution is 9.10. The fraction of sp³-hybridized carbons (Fsp3) is 0.286. The second kappa shape index (κ2) is 8.56. The van der Waals surface area contributed by atoms with Crippen LogP contribution >= 0.6 is 15.9 Å². The van der Waals surface area contributed by atoms with E-state index in [0.29, 0.717) is 17.7 Å². The van der Waals surface area contributed by atoms with Crippen LogP contribution in [0.25, 0.3) is 0 Å². The molecule has 28 heavy (non-hydrogen) atoms. The number of nitrogens with zero attached hydrogens (tertiary/aromatic N) is 1. The van der Waals surface area contributed by atoms with Crippen LogP contribution in [0.15, 0.2) is 46.9 Å². The molecule has 6 nitrogen and oxygen atoms in total. The number of imide groups is 1. The number of carbonyl (C=O) groups is 3. The molecule has 146 valence electrons. The summed E-state index contributed by atoms with van der Waals surface area (Å²) in [5.41, 5.74) is 1.65. The molecule has 0 bridgehead atoms. The highest BCUT2D eigenvalue weighted by atomic mass is 79.9. The third-order valence-electron chi connectivity index (χ3n) is 4.54. The third-order valence-corrected chi connectivity index (χ3v) is 5.04. The van der Waals surface area contributed by atoms with Crippen molar-refractivity contribution in [1.82, 2.24) is 10.2 Å². The van der Waals surface area contributed by atoms with E-state index >= 15 is 0 Å². The summed E-state index contributed by atoms with van der Waals surface area (Å²) in [7, 11) is 0. The maximum atomic E-state index is 12.5. The zero-order valence-corrected chi connectivity index (χ0v) is 17.3. The summed E-state index contributed by atoms with van der Waals surface area (Å²) in [6.45, 7) is 4.40. The van der Waals surface area contributed by atoms with Gasteiger partial charge in [0.15, 0.2) is 0 Å². The molecule has 0 aliphatic carbocycles. The number of rotatable bonds is 7. The van der Waals surface area contributed by atoms with Crippen molar-refractivity contribution in [3.8, 4) is 5.75 Å². The molecule has 1 atom stereocenters. The van der Waals surface area contributed by atoms with Gasteiger partial charge in [0.2, 0.25) is 5.91 Å². The van der Waals surface area contributed by atoms with Gasteiger partial charge in [-0.05, 0) is 49.7 Å². The lowest BCUT2D eigenvalue weighted by molar-refractivity contribution is -0.121. The van der Waals surface area contributed by atoms with E-state index in [4.69, 9.17) is 4.74 Å². The fourth-order valence-electron chi connectivity index (χ4n) is 3.12. The molecule has 0 fully saturated rings. The Morgan fingerprint density at radius 1 is 1.14 bits per heavy atom. The van der Waals surface area contributed by atoms with Crippen LogP contribution in [-0.2, 0) is 4.79 Å². The van der Waals surface area contributed by atoms with Gasteiger partial charge in [0.05, 0.1) is 23.8 Å². The van der Waals surface area contributed by atoms with Crippen molar-refractivity contribution in [2.75, 3.05) is 13.2 Å². The quantitative estimate of drug-likeness (QED) is 0.660.